The molecule has 0 aliphatic carbocycles. The Labute approximate surface area is 229 Å². The molecule has 0 spiro atoms. The average molecular weight is 546 g/mol. The molecule has 0 bridgehead atoms. The Hall–Kier alpha value is -2.20. The maximum Gasteiger partial charge on any atom is 0.320 e. The molecule has 0 radical (unpaired) electrons. The van der Waals surface area contributed by atoms with Gasteiger partial charge in [-0.3, -0.25) is 19.2 Å². The van der Waals surface area contributed by atoms with Crippen LogP contribution in [-0.2, 0) is 23.9 Å². The van der Waals surface area contributed by atoms with E-state index in [1.807, 2.05) is 0 Å². The fourth-order valence-electron chi connectivity index (χ4n) is 3.73. The molecule has 1 amide bonds. The predicted octanol–water partition coefficient (Wildman–Crippen LogP) is 4.65. The molecule has 2 atom stereocenters. The second kappa shape index (κ2) is 27.8. The van der Waals surface area contributed by atoms with E-state index in [9.17, 15) is 19.2 Å². The molecule has 0 aliphatic heterocycles. The first-order chi connectivity index (χ1) is 18.1. The van der Waals surface area contributed by atoms with Crippen LogP contribution in [0.25, 0.3) is 0 Å². The number of aliphatic carboxylic acids is 2. The van der Waals surface area contributed by atoms with Crippen molar-refractivity contribution in [2.45, 2.75) is 147 Å². The van der Waals surface area contributed by atoms with Crippen molar-refractivity contribution in [3.05, 3.63) is 0 Å². The molecule has 38 heavy (non-hydrogen) atoms. The lowest BCUT2D eigenvalue weighted by atomic mass is 10.0. The molecule has 10 heteroatoms. The van der Waals surface area contributed by atoms with Gasteiger partial charge in [-0.2, -0.15) is 0 Å². The Morgan fingerprint density at radius 1 is 0.605 bits per heavy atom. The van der Waals surface area contributed by atoms with Crippen molar-refractivity contribution >= 4 is 23.8 Å². The summed E-state index contributed by atoms with van der Waals surface area (Å²) >= 11 is 0. The molecule has 0 saturated heterocycles. The van der Waals surface area contributed by atoms with E-state index < -0.39 is 29.9 Å². The van der Waals surface area contributed by atoms with Crippen LogP contribution in [-0.4, -0.2) is 52.7 Å². The Kier molecular flexibility index (Phi) is 27.8. The first kappa shape index (κ1) is 37.9. The van der Waals surface area contributed by atoms with Crippen molar-refractivity contribution in [3.63, 3.8) is 0 Å². The van der Waals surface area contributed by atoms with E-state index in [-0.39, 0.29) is 31.7 Å². The van der Waals surface area contributed by atoms with Gasteiger partial charge in [0, 0.05) is 12.8 Å². The van der Waals surface area contributed by atoms with Gasteiger partial charge in [-0.05, 0) is 19.3 Å². The van der Waals surface area contributed by atoms with Crippen molar-refractivity contribution in [3.8, 4) is 0 Å². The summed E-state index contributed by atoms with van der Waals surface area (Å²) in [6.45, 7) is 2.70. The third-order valence-electron chi connectivity index (χ3n) is 6.26. The molecule has 0 aromatic heterocycles. The van der Waals surface area contributed by atoms with Gasteiger partial charge in [-0.25, -0.2) is 0 Å². The summed E-state index contributed by atoms with van der Waals surface area (Å²) in [5.41, 5.74) is 15.2. The van der Waals surface area contributed by atoms with E-state index in [0.717, 1.165) is 12.8 Å². The van der Waals surface area contributed by atoms with Gasteiger partial charge in [0.25, 0.3) is 0 Å². The first-order valence-corrected chi connectivity index (χ1v) is 14.5. The smallest absolute Gasteiger partial charge is 0.320 e. The van der Waals surface area contributed by atoms with Gasteiger partial charge in [-0.15, -0.1) is 0 Å². The minimum absolute atomic E-state index is 0.0213. The van der Waals surface area contributed by atoms with Crippen molar-refractivity contribution in [2.75, 3.05) is 6.61 Å². The summed E-state index contributed by atoms with van der Waals surface area (Å²) in [6.07, 6.45) is 21.4. The maximum absolute atomic E-state index is 11.5. The highest BCUT2D eigenvalue weighted by molar-refractivity contribution is 5.77. The number of carboxylic acids is 2. The Morgan fingerprint density at radius 3 is 1.29 bits per heavy atom. The van der Waals surface area contributed by atoms with E-state index in [2.05, 4.69) is 6.92 Å². The zero-order valence-corrected chi connectivity index (χ0v) is 23.7. The molecule has 0 saturated carbocycles. The van der Waals surface area contributed by atoms with Gasteiger partial charge >= 0.3 is 17.9 Å². The minimum Gasteiger partial charge on any atom is -0.480 e. The number of hydrogen-bond donors (Lipinski definition) is 5. The van der Waals surface area contributed by atoms with Crippen molar-refractivity contribution in [2.24, 2.45) is 17.2 Å². The van der Waals surface area contributed by atoms with Gasteiger partial charge in [0.05, 0.1) is 6.61 Å². The molecule has 0 aromatic rings. The number of nitrogens with two attached hydrogens (primary N) is 3. The summed E-state index contributed by atoms with van der Waals surface area (Å²) in [6, 6.07) is -1.96. The van der Waals surface area contributed by atoms with Crippen LogP contribution in [0.2, 0.25) is 0 Å². The minimum atomic E-state index is -1.11. The molecule has 0 rings (SSSR count). The molecule has 10 nitrogen and oxygen atoms in total. The maximum atomic E-state index is 11.5. The van der Waals surface area contributed by atoms with E-state index in [0.29, 0.717) is 6.61 Å². The lowest BCUT2D eigenvalue weighted by Crippen LogP contribution is -2.31. The summed E-state index contributed by atoms with van der Waals surface area (Å²) in [4.78, 5) is 42.2. The highest BCUT2D eigenvalue weighted by atomic mass is 16.5. The lowest BCUT2D eigenvalue weighted by molar-refractivity contribution is -0.144. The van der Waals surface area contributed by atoms with Crippen LogP contribution in [0.5, 0.6) is 0 Å². The number of rotatable bonds is 25. The van der Waals surface area contributed by atoms with Crippen LogP contribution < -0.4 is 17.2 Å². The van der Waals surface area contributed by atoms with Crippen LogP contribution in [0.4, 0.5) is 0 Å². The fraction of sp³-hybridized carbons (Fsp3) is 0.857. The second-order valence-electron chi connectivity index (χ2n) is 9.96. The van der Waals surface area contributed by atoms with Crippen LogP contribution in [0, 0.1) is 0 Å². The summed E-state index contributed by atoms with van der Waals surface area (Å²) in [7, 11) is 0. The zero-order chi connectivity index (χ0) is 29.0. The first-order valence-electron chi connectivity index (χ1n) is 14.5. The normalized spacial score (nSPS) is 12.2. The fourth-order valence-corrected chi connectivity index (χ4v) is 3.73. The molecule has 0 unspecified atom stereocenters. The van der Waals surface area contributed by atoms with Crippen molar-refractivity contribution in [1.29, 1.82) is 0 Å². The van der Waals surface area contributed by atoms with Crippen molar-refractivity contribution in [1.82, 2.24) is 0 Å². The molecule has 0 aromatic carbocycles. The Morgan fingerprint density at radius 2 is 0.947 bits per heavy atom. The predicted molar refractivity (Wildman–Crippen MR) is 149 cm³/mol. The quantitative estimate of drug-likeness (QED) is 0.0801. The molecule has 0 fully saturated rings. The third-order valence-corrected chi connectivity index (χ3v) is 6.26. The number of carbonyl (C=O) groups is 4. The highest BCUT2D eigenvalue weighted by Gasteiger charge is 2.14. The summed E-state index contributed by atoms with van der Waals surface area (Å²) in [5, 5.41) is 16.9. The van der Waals surface area contributed by atoms with Gasteiger partial charge in [0.1, 0.15) is 12.1 Å². The number of esters is 1. The van der Waals surface area contributed by atoms with Crippen LogP contribution in [0.3, 0.4) is 0 Å². The molecule has 8 N–H and O–H groups in total. The van der Waals surface area contributed by atoms with E-state index >= 15 is 0 Å². The van der Waals surface area contributed by atoms with Crippen molar-refractivity contribution < 1.29 is 34.1 Å². The summed E-state index contributed by atoms with van der Waals surface area (Å²) in [5.74, 6) is -3.07. The van der Waals surface area contributed by atoms with E-state index in [4.69, 9.17) is 32.2 Å². The van der Waals surface area contributed by atoms with Gasteiger partial charge in [0.2, 0.25) is 5.91 Å². The standard InChI is InChI=1S/C23H45NO4.C5H10N2O3/c1-2-3-4-5-6-7-8-9-10-11-12-13-14-15-16-17-20-28-22(25)19-18-21(24)23(26)27;6-3(5(9)10)1-2-4(7)8/h21H,2-20,24H2,1H3,(H,26,27);3H,1-2,6H2,(H2,7,8)(H,9,10)/t21-;3-/m10/s1. The largest absolute Gasteiger partial charge is 0.480 e. The number of carbonyl (C=O) groups excluding carboxylic acids is 2. The molecular formula is C28H55N3O7. The number of unbranched alkanes of at least 4 members (excludes halogenated alkanes) is 15. The van der Waals surface area contributed by atoms with E-state index in [1.54, 1.807) is 0 Å². The lowest BCUT2D eigenvalue weighted by Gasteiger charge is -2.07. The second-order valence-corrected chi connectivity index (χ2v) is 9.96. The molecule has 0 aliphatic rings. The van der Waals surface area contributed by atoms with Gasteiger partial charge in [0.15, 0.2) is 0 Å². The third kappa shape index (κ3) is 30.0. The van der Waals surface area contributed by atoms with Crippen LogP contribution >= 0.6 is 0 Å². The van der Waals surface area contributed by atoms with Crippen LogP contribution in [0.1, 0.15) is 135 Å². The Bertz CT molecular complexity index is 617. The van der Waals surface area contributed by atoms with Gasteiger partial charge in [-0.1, -0.05) is 103 Å². The molecule has 0 heterocycles. The number of hydrogen-bond acceptors (Lipinski definition) is 7. The number of carboxylic acid groups (broad SMARTS) is 2. The van der Waals surface area contributed by atoms with E-state index in [1.165, 1.54) is 89.9 Å². The topological polar surface area (TPSA) is 196 Å². The molecule has 224 valence electrons. The highest BCUT2D eigenvalue weighted by Crippen LogP contribution is 2.13. The van der Waals surface area contributed by atoms with Crippen LogP contribution in [0.15, 0.2) is 0 Å². The monoisotopic (exact) mass is 545 g/mol. The average Bonchev–Trinajstić information content (AvgIpc) is 2.87. The SMILES string of the molecule is CCCCCCCCCCCCCCCCCCOC(=O)CC[C@@H](N)C(=O)O.NC(=O)CC[C@H](N)C(=O)O. The van der Waals surface area contributed by atoms with Gasteiger partial charge < -0.3 is 32.2 Å². The number of primary amides is 1. The number of amides is 1. The zero-order valence-electron chi connectivity index (χ0n) is 23.7. The Balaban J connectivity index is 0. The molecular weight excluding hydrogens is 490 g/mol. The number of ether oxygens (including phenoxy) is 1. The summed E-state index contributed by atoms with van der Waals surface area (Å²) < 4.78 is 5.10.